The predicted octanol–water partition coefficient (Wildman–Crippen LogP) is 7.09. The summed E-state index contributed by atoms with van der Waals surface area (Å²) < 4.78 is 76.8. The quantitative estimate of drug-likeness (QED) is 0.0858. The number of para-hydroxylation sites is 1. The summed E-state index contributed by atoms with van der Waals surface area (Å²) in [6, 6.07) is 10.7. The highest BCUT2D eigenvalue weighted by molar-refractivity contribution is 7.92. The Morgan fingerprint density at radius 2 is 1.75 bits per heavy atom. The molecular formula is C34H36Cl2F2N3O9S+. The molecule has 0 bridgehead atoms. The zero-order valence-corrected chi connectivity index (χ0v) is 30.3. The molecule has 4 aromatic rings. The molecule has 17 heteroatoms. The standard InChI is InChI=1S/C34H36Cl2F2N3O9S/c1-34(2,3)50-33(43)41(51(4,45)46)27-17-39(26-8-6-5-7-22(26)27)18-31(42)48-29(14-23-24(35)15-40(44)16-25(23)36)21-11-12-28(49-32(37)38)30(13-21)47-19-20-9-10-20/h5-8,11-13,15-17,20,29,32,44H,9-10,14,18-19H2,1-4H3/q+1/t29-/m0/s1. The average molecular weight is 772 g/mol. The Kier molecular flexibility index (Phi) is 11.2. The highest BCUT2D eigenvalue weighted by atomic mass is 35.5. The summed E-state index contributed by atoms with van der Waals surface area (Å²) in [6.07, 6.45) is 4.09. The lowest BCUT2D eigenvalue weighted by atomic mass is 10.0. The second kappa shape index (κ2) is 15.1. The molecule has 12 nitrogen and oxygen atoms in total. The van der Waals surface area contributed by atoms with Crippen LogP contribution in [0.4, 0.5) is 19.3 Å². The molecule has 274 valence electrons. The number of aromatic nitrogens is 2. The lowest BCUT2D eigenvalue weighted by Crippen LogP contribution is -2.40. The maximum Gasteiger partial charge on any atom is 0.428 e. The van der Waals surface area contributed by atoms with E-state index in [1.165, 1.54) is 41.4 Å². The van der Waals surface area contributed by atoms with E-state index in [2.05, 4.69) is 4.74 Å². The summed E-state index contributed by atoms with van der Waals surface area (Å²) in [5.41, 5.74) is -0.00580. The van der Waals surface area contributed by atoms with Gasteiger partial charge in [-0.2, -0.15) is 13.1 Å². The van der Waals surface area contributed by atoms with Crippen LogP contribution in [0.1, 0.15) is 50.8 Å². The van der Waals surface area contributed by atoms with Gasteiger partial charge >= 0.3 is 18.7 Å². The van der Waals surface area contributed by atoms with Gasteiger partial charge in [0.25, 0.3) is 0 Å². The van der Waals surface area contributed by atoms with Crippen LogP contribution in [0, 0.1) is 5.92 Å². The number of amides is 1. The van der Waals surface area contributed by atoms with E-state index >= 15 is 0 Å². The van der Waals surface area contributed by atoms with Crippen molar-refractivity contribution in [1.29, 1.82) is 0 Å². The lowest BCUT2D eigenvalue weighted by molar-refractivity contribution is -0.904. The van der Waals surface area contributed by atoms with Crippen molar-refractivity contribution in [3.05, 3.63) is 82.2 Å². The summed E-state index contributed by atoms with van der Waals surface area (Å²) in [7, 11) is -4.20. The van der Waals surface area contributed by atoms with Gasteiger partial charge in [-0.1, -0.05) is 47.5 Å². The number of sulfonamides is 1. The molecule has 1 atom stereocenters. The van der Waals surface area contributed by atoms with E-state index in [0.29, 0.717) is 31.1 Å². The van der Waals surface area contributed by atoms with Crippen molar-refractivity contribution < 1.29 is 55.7 Å². The van der Waals surface area contributed by atoms with E-state index in [-0.39, 0.29) is 46.2 Å². The minimum Gasteiger partial charge on any atom is -0.489 e. The summed E-state index contributed by atoms with van der Waals surface area (Å²) in [5.74, 6) is -0.708. The Morgan fingerprint density at radius 3 is 2.35 bits per heavy atom. The highest BCUT2D eigenvalue weighted by Crippen LogP contribution is 2.38. The van der Waals surface area contributed by atoms with Crippen molar-refractivity contribution in [3.63, 3.8) is 0 Å². The maximum absolute atomic E-state index is 13.7. The maximum atomic E-state index is 13.7. The molecule has 51 heavy (non-hydrogen) atoms. The molecule has 0 radical (unpaired) electrons. The van der Waals surface area contributed by atoms with Gasteiger partial charge in [-0.15, -0.1) is 0 Å². The van der Waals surface area contributed by atoms with Crippen molar-refractivity contribution in [1.82, 2.24) is 4.57 Å². The van der Waals surface area contributed by atoms with Crippen molar-refractivity contribution in [3.8, 4) is 11.5 Å². The molecule has 1 fully saturated rings. The van der Waals surface area contributed by atoms with Crippen LogP contribution in [0.25, 0.3) is 10.9 Å². The van der Waals surface area contributed by atoms with Gasteiger partial charge in [0.1, 0.15) is 28.3 Å². The monoisotopic (exact) mass is 770 g/mol. The van der Waals surface area contributed by atoms with Crippen molar-refractivity contribution in [2.45, 2.75) is 64.9 Å². The zero-order valence-electron chi connectivity index (χ0n) is 28.0. The molecule has 2 heterocycles. The number of hydrogen-bond acceptors (Lipinski definition) is 9. The minimum atomic E-state index is -4.20. The first kappa shape index (κ1) is 37.9. The number of ether oxygens (including phenoxy) is 4. The van der Waals surface area contributed by atoms with Gasteiger partial charge in [-0.3, -0.25) is 10.0 Å². The van der Waals surface area contributed by atoms with Gasteiger partial charge in [0.05, 0.1) is 24.1 Å². The first-order chi connectivity index (χ1) is 23.9. The van der Waals surface area contributed by atoms with Crippen LogP contribution in [0.2, 0.25) is 10.0 Å². The van der Waals surface area contributed by atoms with E-state index in [0.717, 1.165) is 19.1 Å². The smallest absolute Gasteiger partial charge is 0.428 e. The molecule has 0 unspecified atom stereocenters. The van der Waals surface area contributed by atoms with Crippen LogP contribution >= 0.6 is 23.2 Å². The van der Waals surface area contributed by atoms with Crippen molar-refractivity contribution in [2.75, 3.05) is 17.2 Å². The van der Waals surface area contributed by atoms with Crippen LogP contribution in [0.15, 0.2) is 61.1 Å². The van der Waals surface area contributed by atoms with Crippen molar-refractivity contribution in [2.24, 2.45) is 5.92 Å². The average Bonchev–Trinajstić information content (AvgIpc) is 3.78. The van der Waals surface area contributed by atoms with Crippen LogP contribution in [0.5, 0.6) is 11.5 Å². The number of esters is 1. The van der Waals surface area contributed by atoms with E-state index in [4.69, 9.17) is 37.4 Å². The number of anilines is 1. The molecule has 1 amide bonds. The Balaban J connectivity index is 1.51. The topological polar surface area (TPSA) is 137 Å². The summed E-state index contributed by atoms with van der Waals surface area (Å²) in [4.78, 5) is 26.9. The Bertz CT molecular complexity index is 2030. The number of pyridine rings is 1. The van der Waals surface area contributed by atoms with Gasteiger partial charge in [0, 0.05) is 28.3 Å². The van der Waals surface area contributed by atoms with E-state index in [1.54, 1.807) is 45.0 Å². The molecule has 2 aromatic heterocycles. The third kappa shape index (κ3) is 9.71. The van der Waals surface area contributed by atoms with Crippen molar-refractivity contribution >= 4 is 61.9 Å². The van der Waals surface area contributed by atoms with Gasteiger partial charge < -0.3 is 23.5 Å². The Hall–Kier alpha value is -4.34. The van der Waals surface area contributed by atoms with Crippen LogP contribution in [-0.4, -0.2) is 55.3 Å². The molecule has 0 aliphatic heterocycles. The Labute approximate surface area is 303 Å². The van der Waals surface area contributed by atoms with Gasteiger partial charge in [-0.25, -0.2) is 13.2 Å². The first-order valence-electron chi connectivity index (χ1n) is 15.7. The number of fused-ring (bicyclic) bond motifs is 1. The first-order valence-corrected chi connectivity index (χ1v) is 18.3. The number of carbonyl (C=O) groups excluding carboxylic acids is 2. The van der Waals surface area contributed by atoms with Gasteiger partial charge in [-0.05, 0) is 63.3 Å². The lowest BCUT2D eigenvalue weighted by Gasteiger charge is -2.25. The Morgan fingerprint density at radius 1 is 1.08 bits per heavy atom. The third-order valence-corrected chi connectivity index (χ3v) is 9.30. The molecule has 5 rings (SSSR count). The SMILES string of the molecule is CC(C)(C)OC(=O)N(c1cn(CC(=O)O[C@@H](Cc2c(Cl)c[n+](O)cc2Cl)c2ccc(OC(F)F)c(OCC3CC3)c2)c2ccccc12)S(C)(=O)=O. The number of alkyl halides is 2. The molecule has 1 N–H and O–H groups in total. The largest absolute Gasteiger partial charge is 0.489 e. The minimum absolute atomic E-state index is 0.0169. The predicted molar refractivity (Wildman–Crippen MR) is 183 cm³/mol. The highest BCUT2D eigenvalue weighted by Gasteiger charge is 2.33. The molecule has 0 spiro atoms. The molecule has 1 aliphatic carbocycles. The fraction of sp³-hybridized carbons (Fsp3) is 0.382. The van der Waals surface area contributed by atoms with Crippen LogP contribution < -0.4 is 18.5 Å². The van der Waals surface area contributed by atoms with Crippen LogP contribution in [0.3, 0.4) is 0 Å². The fourth-order valence-electron chi connectivity index (χ4n) is 5.24. The number of rotatable bonds is 13. The molecule has 1 saturated carbocycles. The molecule has 1 aliphatic rings. The van der Waals surface area contributed by atoms with E-state index < -0.39 is 46.9 Å². The second-order valence-electron chi connectivity index (χ2n) is 13.0. The summed E-state index contributed by atoms with van der Waals surface area (Å²) in [5, 5.41) is 10.3. The molecule has 0 saturated heterocycles. The third-order valence-electron chi connectivity index (χ3n) is 7.63. The van der Waals surface area contributed by atoms with E-state index in [9.17, 15) is 32.0 Å². The summed E-state index contributed by atoms with van der Waals surface area (Å²) >= 11 is 12.8. The van der Waals surface area contributed by atoms with E-state index in [1.807, 2.05) is 0 Å². The van der Waals surface area contributed by atoms with Gasteiger partial charge in [0.2, 0.25) is 22.4 Å². The number of halogens is 4. The summed E-state index contributed by atoms with van der Waals surface area (Å²) in [6.45, 7) is 1.50. The number of benzene rings is 2. The number of nitrogens with zero attached hydrogens (tertiary/aromatic N) is 3. The number of hydrogen-bond donors (Lipinski definition) is 1. The fourth-order valence-corrected chi connectivity index (χ4v) is 6.66. The zero-order chi connectivity index (χ0) is 37.2. The molecular weight excluding hydrogens is 735 g/mol. The van der Waals surface area contributed by atoms with Crippen LogP contribution in [-0.2, 0) is 37.3 Å². The van der Waals surface area contributed by atoms with Gasteiger partial charge in [0.15, 0.2) is 11.5 Å². The molecule has 2 aromatic carbocycles. The number of carbonyl (C=O) groups is 2. The second-order valence-corrected chi connectivity index (χ2v) is 15.6. The normalized spacial score (nSPS) is 14.0.